The van der Waals surface area contributed by atoms with E-state index < -0.39 is 29.3 Å². The lowest BCUT2D eigenvalue weighted by Crippen LogP contribution is -2.77. The number of carbonyl (C=O) groups excluding carboxylic acids is 2. The summed E-state index contributed by atoms with van der Waals surface area (Å²) < 4.78 is 16.9. The summed E-state index contributed by atoms with van der Waals surface area (Å²) in [4.78, 5) is 27.1. The van der Waals surface area contributed by atoms with Crippen molar-refractivity contribution < 1.29 is 28.9 Å². The number of benzene rings is 1. The maximum atomic E-state index is 12.8. The van der Waals surface area contributed by atoms with Gasteiger partial charge in [0.1, 0.15) is 6.61 Å². The van der Waals surface area contributed by atoms with Crippen LogP contribution >= 0.6 is 0 Å². The summed E-state index contributed by atoms with van der Waals surface area (Å²) in [5.41, 5.74) is -0.215. The average Bonchev–Trinajstić information content (AvgIpc) is 3.04. The van der Waals surface area contributed by atoms with Gasteiger partial charge < -0.3 is 24.2 Å². The van der Waals surface area contributed by atoms with E-state index in [2.05, 4.69) is 6.58 Å². The topological polar surface area (TPSA) is 85.3 Å². The van der Waals surface area contributed by atoms with E-state index in [1.54, 1.807) is 12.0 Å². The van der Waals surface area contributed by atoms with E-state index >= 15 is 0 Å². The summed E-state index contributed by atoms with van der Waals surface area (Å²) in [6.45, 7) is 4.09. The number of likely N-dealkylation sites (tertiary alicyclic amines) is 1. The van der Waals surface area contributed by atoms with Crippen molar-refractivity contribution >= 4 is 11.9 Å². The smallest absolute Gasteiger partial charge is 0.410 e. The SMILES string of the molecule is C=CCOC(=O)N1CCC23c4c5ccc(OC)c4O[C@H]2C(=O)CC[C@@]3(O)C1C5. The fraction of sp³-hybridized carbons (Fsp3) is 0.524. The lowest BCUT2D eigenvalue weighted by atomic mass is 9.49. The van der Waals surface area contributed by atoms with Gasteiger partial charge in [0.2, 0.25) is 0 Å². The fourth-order valence-electron chi connectivity index (χ4n) is 5.91. The molecule has 1 amide bonds. The second kappa shape index (κ2) is 5.73. The Kier molecular flexibility index (Phi) is 3.59. The maximum Gasteiger partial charge on any atom is 0.410 e. The summed E-state index contributed by atoms with van der Waals surface area (Å²) in [6.07, 6.45) is 1.76. The molecule has 1 saturated carbocycles. The van der Waals surface area contributed by atoms with E-state index in [9.17, 15) is 14.7 Å². The Labute approximate surface area is 162 Å². The molecule has 1 saturated heterocycles. The van der Waals surface area contributed by atoms with E-state index in [1.807, 2.05) is 12.1 Å². The minimum Gasteiger partial charge on any atom is -0.493 e. The number of ketones is 1. The summed E-state index contributed by atoms with van der Waals surface area (Å²) >= 11 is 0. The van der Waals surface area contributed by atoms with E-state index in [0.29, 0.717) is 37.3 Å². The first kappa shape index (κ1) is 17.6. The van der Waals surface area contributed by atoms with Crippen LogP contribution in [0.15, 0.2) is 24.8 Å². The van der Waals surface area contributed by atoms with E-state index in [-0.39, 0.29) is 18.8 Å². The first-order valence-electron chi connectivity index (χ1n) is 9.64. The molecule has 0 aromatic heterocycles. The van der Waals surface area contributed by atoms with Crippen LogP contribution in [0.4, 0.5) is 4.79 Å². The third kappa shape index (κ3) is 1.87. The lowest BCUT2D eigenvalue weighted by Gasteiger charge is -2.61. The summed E-state index contributed by atoms with van der Waals surface area (Å²) in [6, 6.07) is 3.31. The second-order valence-electron chi connectivity index (χ2n) is 8.02. The van der Waals surface area contributed by atoms with Crippen LogP contribution in [0.25, 0.3) is 0 Å². The quantitative estimate of drug-likeness (QED) is 0.798. The molecule has 2 fully saturated rings. The molecule has 2 bridgehead atoms. The summed E-state index contributed by atoms with van der Waals surface area (Å²) in [5.74, 6) is 1.14. The second-order valence-corrected chi connectivity index (χ2v) is 8.02. The monoisotopic (exact) mass is 385 g/mol. The van der Waals surface area contributed by atoms with Crippen molar-refractivity contribution in [3.63, 3.8) is 0 Å². The molecule has 1 N–H and O–H groups in total. The number of methoxy groups -OCH3 is 1. The Hall–Kier alpha value is -2.54. The largest absolute Gasteiger partial charge is 0.493 e. The molecule has 7 heteroatoms. The van der Waals surface area contributed by atoms with Gasteiger partial charge in [0, 0.05) is 18.5 Å². The predicted molar refractivity (Wildman–Crippen MR) is 98.6 cm³/mol. The molecule has 0 radical (unpaired) electrons. The predicted octanol–water partition coefficient (Wildman–Crippen LogP) is 1.74. The highest BCUT2D eigenvalue weighted by molar-refractivity contribution is 5.90. The first-order valence-corrected chi connectivity index (χ1v) is 9.64. The highest BCUT2D eigenvalue weighted by atomic mass is 16.6. The van der Waals surface area contributed by atoms with Crippen LogP contribution < -0.4 is 9.47 Å². The number of piperidine rings is 1. The summed E-state index contributed by atoms with van der Waals surface area (Å²) in [5, 5.41) is 12.0. The minimum absolute atomic E-state index is 0.00258. The fourth-order valence-corrected chi connectivity index (χ4v) is 5.91. The van der Waals surface area contributed by atoms with Crippen LogP contribution in [0.2, 0.25) is 0 Å². The number of Topliss-reactive ketones (excluding diaryl/α,β-unsaturated/α-hetero) is 1. The molecule has 2 aliphatic carbocycles. The maximum absolute atomic E-state index is 12.8. The van der Waals surface area contributed by atoms with Gasteiger partial charge in [-0.25, -0.2) is 4.79 Å². The number of rotatable bonds is 3. The van der Waals surface area contributed by atoms with Gasteiger partial charge in [-0.05, 0) is 30.9 Å². The molecule has 2 unspecified atom stereocenters. The van der Waals surface area contributed by atoms with Crippen LogP contribution in [0, 0.1) is 0 Å². The lowest BCUT2D eigenvalue weighted by molar-refractivity contribution is -0.183. The first-order chi connectivity index (χ1) is 13.5. The van der Waals surface area contributed by atoms with Crippen molar-refractivity contribution in [1.82, 2.24) is 4.90 Å². The molecular formula is C21H23NO6. The van der Waals surface area contributed by atoms with Gasteiger partial charge in [-0.2, -0.15) is 0 Å². The van der Waals surface area contributed by atoms with Gasteiger partial charge >= 0.3 is 6.09 Å². The zero-order chi connectivity index (χ0) is 19.7. The van der Waals surface area contributed by atoms with Crippen LogP contribution in [-0.4, -0.2) is 59.9 Å². The number of nitrogens with zero attached hydrogens (tertiary/aromatic N) is 1. The Morgan fingerprint density at radius 2 is 2.29 bits per heavy atom. The van der Waals surface area contributed by atoms with Gasteiger partial charge in [0.25, 0.3) is 0 Å². The number of aliphatic hydroxyl groups is 1. The molecule has 4 aliphatic rings. The molecule has 4 atom stereocenters. The van der Waals surface area contributed by atoms with Crippen LogP contribution in [0.5, 0.6) is 11.5 Å². The molecule has 1 aromatic carbocycles. The third-order valence-corrected chi connectivity index (χ3v) is 7.02. The average molecular weight is 385 g/mol. The molecular weight excluding hydrogens is 362 g/mol. The Morgan fingerprint density at radius 3 is 3.04 bits per heavy atom. The molecule has 2 heterocycles. The third-order valence-electron chi connectivity index (χ3n) is 7.02. The van der Waals surface area contributed by atoms with Crippen molar-refractivity contribution in [3.05, 3.63) is 35.9 Å². The van der Waals surface area contributed by atoms with Gasteiger partial charge in [0.15, 0.2) is 23.4 Å². The van der Waals surface area contributed by atoms with E-state index in [0.717, 1.165) is 11.1 Å². The molecule has 7 nitrogen and oxygen atoms in total. The van der Waals surface area contributed by atoms with Crippen molar-refractivity contribution in [2.45, 2.75) is 48.8 Å². The Bertz CT molecular complexity index is 897. The molecule has 1 aromatic rings. The molecule has 1 spiro atoms. The van der Waals surface area contributed by atoms with Crippen LogP contribution in [0.3, 0.4) is 0 Å². The Morgan fingerprint density at radius 1 is 1.46 bits per heavy atom. The number of hydrogen-bond acceptors (Lipinski definition) is 6. The van der Waals surface area contributed by atoms with Gasteiger partial charge in [-0.15, -0.1) is 0 Å². The van der Waals surface area contributed by atoms with E-state index in [1.165, 1.54) is 6.08 Å². The van der Waals surface area contributed by atoms with Crippen molar-refractivity contribution in [2.24, 2.45) is 0 Å². The summed E-state index contributed by atoms with van der Waals surface area (Å²) in [7, 11) is 1.57. The van der Waals surface area contributed by atoms with Crippen LogP contribution in [0.1, 0.15) is 30.4 Å². The van der Waals surface area contributed by atoms with Gasteiger partial charge in [0.05, 0.1) is 24.2 Å². The highest BCUT2D eigenvalue weighted by Gasteiger charge is 2.73. The minimum atomic E-state index is -1.25. The standard InChI is InChI=1S/C21H23NO6/c1-3-10-27-19(24)22-9-8-20-16-12-4-5-14(26-2)17(16)28-18(20)13(23)6-7-21(20,25)15(22)11-12/h3-5,15,18,25H,1,6-11H2,2H3/t15?,18-,20?,21+/m0/s1. The Balaban J connectivity index is 1.68. The number of carbonyl (C=O) groups is 2. The highest BCUT2D eigenvalue weighted by Crippen LogP contribution is 2.64. The number of ether oxygens (including phenoxy) is 3. The van der Waals surface area contributed by atoms with Crippen LogP contribution in [-0.2, 0) is 21.4 Å². The number of hydrogen-bond donors (Lipinski definition) is 1. The van der Waals surface area contributed by atoms with E-state index in [4.69, 9.17) is 14.2 Å². The van der Waals surface area contributed by atoms with Crippen molar-refractivity contribution in [2.75, 3.05) is 20.3 Å². The number of amides is 1. The molecule has 28 heavy (non-hydrogen) atoms. The zero-order valence-electron chi connectivity index (χ0n) is 15.8. The van der Waals surface area contributed by atoms with Gasteiger partial charge in [-0.1, -0.05) is 18.7 Å². The molecule has 5 rings (SSSR count). The molecule has 2 aliphatic heterocycles. The normalized spacial score (nSPS) is 34.4. The van der Waals surface area contributed by atoms with Crippen molar-refractivity contribution in [3.8, 4) is 11.5 Å². The van der Waals surface area contributed by atoms with Crippen molar-refractivity contribution in [1.29, 1.82) is 0 Å². The molecule has 148 valence electrons. The van der Waals surface area contributed by atoms with Gasteiger partial charge in [-0.3, -0.25) is 4.79 Å². The zero-order valence-corrected chi connectivity index (χ0v) is 15.8.